The lowest BCUT2D eigenvalue weighted by molar-refractivity contribution is -0.386. The maximum Gasteiger partial charge on any atom is 0.501 e. The van der Waals surface area contributed by atoms with E-state index in [4.69, 9.17) is 0 Å². The summed E-state index contributed by atoms with van der Waals surface area (Å²) in [5.74, 6) is -0.332. The van der Waals surface area contributed by atoms with Gasteiger partial charge in [0.05, 0.1) is 16.9 Å². The molecular formula is C8H6F3NO5S. The van der Waals surface area contributed by atoms with Gasteiger partial charge in [0.25, 0.3) is 9.84 Å². The number of nitro groups is 1. The molecule has 0 aromatic heterocycles. The van der Waals surface area contributed by atoms with Gasteiger partial charge in [0.1, 0.15) is 0 Å². The molecule has 1 rings (SSSR count). The van der Waals surface area contributed by atoms with Crippen molar-refractivity contribution in [2.45, 2.75) is 10.4 Å². The Kier molecular flexibility index (Phi) is 3.51. The number of benzene rings is 1. The highest BCUT2D eigenvalue weighted by atomic mass is 32.2. The molecule has 10 heteroatoms. The molecule has 0 fully saturated rings. The van der Waals surface area contributed by atoms with Gasteiger partial charge in [-0.2, -0.15) is 13.2 Å². The van der Waals surface area contributed by atoms with Crippen molar-refractivity contribution in [3.05, 3.63) is 28.3 Å². The number of hydrogen-bond acceptors (Lipinski definition) is 5. The highest BCUT2D eigenvalue weighted by molar-refractivity contribution is 7.92. The summed E-state index contributed by atoms with van der Waals surface area (Å²) in [6, 6.07) is 1.69. The van der Waals surface area contributed by atoms with Crippen LogP contribution in [0.15, 0.2) is 23.1 Å². The Labute approximate surface area is 99.0 Å². The number of hydrogen-bond donors (Lipinski definition) is 0. The average Bonchev–Trinajstić information content (AvgIpc) is 2.26. The third kappa shape index (κ3) is 2.37. The van der Waals surface area contributed by atoms with Crippen LogP contribution in [0.1, 0.15) is 0 Å². The molecule has 0 atom stereocenters. The van der Waals surface area contributed by atoms with Crippen molar-refractivity contribution in [2.24, 2.45) is 0 Å². The molecule has 0 aliphatic carbocycles. The van der Waals surface area contributed by atoms with Gasteiger partial charge in [-0.3, -0.25) is 10.1 Å². The summed E-state index contributed by atoms with van der Waals surface area (Å²) < 4.78 is 63.4. The van der Waals surface area contributed by atoms with Crippen LogP contribution in [0.2, 0.25) is 0 Å². The molecule has 0 saturated carbocycles. The molecule has 0 bridgehead atoms. The quantitative estimate of drug-likeness (QED) is 0.625. The molecule has 1 aromatic carbocycles. The third-order valence-corrected chi connectivity index (χ3v) is 3.45. The van der Waals surface area contributed by atoms with Gasteiger partial charge in [0.15, 0.2) is 5.75 Å². The van der Waals surface area contributed by atoms with Crippen molar-refractivity contribution < 1.29 is 31.2 Å². The van der Waals surface area contributed by atoms with Gasteiger partial charge in [-0.15, -0.1) is 0 Å². The standard InChI is InChI=1S/C8H6F3NO5S/c1-17-7-3-2-5(4-6(7)12(13)14)18(15,16)8(9,10)11/h2-4H,1H3. The lowest BCUT2D eigenvalue weighted by Gasteiger charge is -2.08. The van der Waals surface area contributed by atoms with Gasteiger partial charge in [-0.25, -0.2) is 8.42 Å². The molecule has 0 unspecified atom stereocenters. The van der Waals surface area contributed by atoms with Gasteiger partial charge in [0, 0.05) is 6.07 Å². The predicted molar refractivity (Wildman–Crippen MR) is 52.9 cm³/mol. The first-order valence-corrected chi connectivity index (χ1v) is 5.73. The van der Waals surface area contributed by atoms with Gasteiger partial charge < -0.3 is 4.74 Å². The fraction of sp³-hybridized carbons (Fsp3) is 0.250. The predicted octanol–water partition coefficient (Wildman–Crippen LogP) is 1.90. The van der Waals surface area contributed by atoms with E-state index in [2.05, 4.69) is 4.74 Å². The Balaban J connectivity index is 3.48. The van der Waals surface area contributed by atoms with Crippen LogP contribution in [0.3, 0.4) is 0 Å². The van der Waals surface area contributed by atoms with Crippen LogP contribution in [-0.4, -0.2) is 26.0 Å². The number of rotatable bonds is 3. The largest absolute Gasteiger partial charge is 0.501 e. The minimum absolute atomic E-state index is 0.307. The Morgan fingerprint density at radius 3 is 2.28 bits per heavy atom. The molecule has 1 aromatic rings. The van der Waals surface area contributed by atoms with E-state index in [0.29, 0.717) is 12.1 Å². The van der Waals surface area contributed by atoms with E-state index >= 15 is 0 Å². The van der Waals surface area contributed by atoms with E-state index in [-0.39, 0.29) is 5.75 Å². The number of methoxy groups -OCH3 is 1. The maximum atomic E-state index is 12.2. The molecule has 0 N–H and O–H groups in total. The summed E-state index contributed by atoms with van der Waals surface area (Å²) in [4.78, 5) is 8.32. The number of nitro benzene ring substituents is 1. The molecule has 0 saturated heterocycles. The van der Waals surface area contributed by atoms with E-state index in [9.17, 15) is 31.7 Å². The molecule has 6 nitrogen and oxygen atoms in total. The van der Waals surface area contributed by atoms with E-state index in [1.165, 1.54) is 0 Å². The first kappa shape index (κ1) is 14.2. The topological polar surface area (TPSA) is 86.5 Å². The smallest absolute Gasteiger partial charge is 0.490 e. The van der Waals surface area contributed by atoms with Crippen LogP contribution in [0.25, 0.3) is 0 Å². The number of ether oxygens (including phenoxy) is 1. The molecule has 0 spiro atoms. The highest BCUT2D eigenvalue weighted by Gasteiger charge is 2.47. The average molecular weight is 285 g/mol. The Bertz CT molecular complexity index is 581. The van der Waals surface area contributed by atoms with Gasteiger partial charge in [-0.05, 0) is 12.1 Å². The Hall–Kier alpha value is -1.84. The summed E-state index contributed by atoms with van der Waals surface area (Å²) in [7, 11) is -4.55. The van der Waals surface area contributed by atoms with E-state index in [0.717, 1.165) is 13.2 Å². The van der Waals surface area contributed by atoms with Crippen molar-refractivity contribution >= 4 is 15.5 Å². The number of halogens is 3. The van der Waals surface area contributed by atoms with Crippen LogP contribution in [0, 0.1) is 10.1 Å². The lowest BCUT2D eigenvalue weighted by Crippen LogP contribution is -2.23. The second-order valence-electron chi connectivity index (χ2n) is 3.04. The number of nitrogens with zero attached hydrogens (tertiary/aromatic N) is 1. The summed E-state index contributed by atoms with van der Waals surface area (Å²) >= 11 is 0. The molecule has 0 aliphatic rings. The van der Waals surface area contributed by atoms with Crippen molar-refractivity contribution in [1.82, 2.24) is 0 Å². The zero-order valence-corrected chi connectivity index (χ0v) is 9.58. The minimum Gasteiger partial charge on any atom is -0.490 e. The molecule has 100 valence electrons. The van der Waals surface area contributed by atoms with Crippen molar-refractivity contribution in [3.63, 3.8) is 0 Å². The summed E-state index contributed by atoms with van der Waals surface area (Å²) in [6.45, 7) is 0. The first-order chi connectivity index (χ1) is 8.11. The van der Waals surface area contributed by atoms with Crippen molar-refractivity contribution in [2.75, 3.05) is 7.11 Å². The summed E-state index contributed by atoms with van der Waals surface area (Å²) in [5.41, 5.74) is -6.38. The van der Waals surface area contributed by atoms with Crippen LogP contribution in [0.4, 0.5) is 18.9 Å². The fourth-order valence-corrected chi connectivity index (χ4v) is 1.89. The van der Waals surface area contributed by atoms with Crippen LogP contribution < -0.4 is 4.74 Å². The van der Waals surface area contributed by atoms with E-state index < -0.39 is 30.9 Å². The van der Waals surface area contributed by atoms with Crippen LogP contribution in [0.5, 0.6) is 5.75 Å². The van der Waals surface area contributed by atoms with E-state index in [1.807, 2.05) is 0 Å². The summed E-state index contributed by atoms with van der Waals surface area (Å²) in [6.07, 6.45) is 0. The summed E-state index contributed by atoms with van der Waals surface area (Å²) in [5, 5.41) is 10.6. The van der Waals surface area contributed by atoms with Crippen molar-refractivity contribution in [3.8, 4) is 5.75 Å². The molecule has 0 radical (unpaired) electrons. The van der Waals surface area contributed by atoms with Crippen LogP contribution in [-0.2, 0) is 9.84 Å². The molecule has 0 heterocycles. The molecule has 0 amide bonds. The fourth-order valence-electron chi connectivity index (χ4n) is 1.11. The van der Waals surface area contributed by atoms with Gasteiger partial charge >= 0.3 is 11.2 Å². The third-order valence-electron chi connectivity index (χ3n) is 1.96. The second kappa shape index (κ2) is 4.44. The zero-order valence-electron chi connectivity index (χ0n) is 8.76. The van der Waals surface area contributed by atoms with Gasteiger partial charge in [-0.1, -0.05) is 0 Å². The van der Waals surface area contributed by atoms with Crippen LogP contribution >= 0.6 is 0 Å². The first-order valence-electron chi connectivity index (χ1n) is 4.25. The second-order valence-corrected chi connectivity index (χ2v) is 4.98. The van der Waals surface area contributed by atoms with E-state index in [1.54, 1.807) is 0 Å². The lowest BCUT2D eigenvalue weighted by atomic mass is 10.3. The maximum absolute atomic E-state index is 12.2. The minimum atomic E-state index is -5.62. The molecule has 0 aliphatic heterocycles. The molecule has 18 heavy (non-hydrogen) atoms. The number of sulfone groups is 1. The monoisotopic (exact) mass is 285 g/mol. The zero-order chi connectivity index (χ0) is 14.1. The van der Waals surface area contributed by atoms with Crippen molar-refractivity contribution in [1.29, 1.82) is 0 Å². The van der Waals surface area contributed by atoms with Gasteiger partial charge in [0.2, 0.25) is 0 Å². The number of alkyl halides is 3. The highest BCUT2D eigenvalue weighted by Crippen LogP contribution is 2.35. The normalized spacial score (nSPS) is 12.2. The Morgan fingerprint density at radius 2 is 1.89 bits per heavy atom. The molecular weight excluding hydrogens is 279 g/mol. The Morgan fingerprint density at radius 1 is 1.33 bits per heavy atom. The SMILES string of the molecule is COc1ccc(S(=O)(=O)C(F)(F)F)cc1[N+](=O)[O-].